The molecule has 1 saturated heterocycles. The molecule has 0 aliphatic carbocycles. The highest BCUT2D eigenvalue weighted by atomic mass is 16.4. The standard InChI is InChI=1S/C20H19NO4/c22-15-4-1-13(2-5-15)20-19(24)18(23)16-6-3-14(11-17(16)25-20)12-7-9-21-10-8-12/h1-6,11-12,21-22,24H,7-10H2. The van der Waals surface area contributed by atoms with Gasteiger partial charge in [0.25, 0.3) is 0 Å². The monoisotopic (exact) mass is 337 g/mol. The Morgan fingerprint density at radius 1 is 1.00 bits per heavy atom. The average molecular weight is 337 g/mol. The van der Waals surface area contributed by atoms with Crippen molar-refractivity contribution in [2.45, 2.75) is 18.8 Å². The maximum atomic E-state index is 12.5. The molecule has 1 aliphatic heterocycles. The van der Waals surface area contributed by atoms with E-state index in [0.29, 0.717) is 22.5 Å². The molecule has 1 fully saturated rings. The Bertz CT molecular complexity index is 969. The SMILES string of the molecule is O=c1c(O)c(-c2ccc(O)cc2)oc2cc(C3CCNCC3)ccc12. The van der Waals surface area contributed by atoms with E-state index in [1.807, 2.05) is 12.1 Å². The number of phenols is 1. The summed E-state index contributed by atoms with van der Waals surface area (Å²) in [4.78, 5) is 12.5. The fourth-order valence-corrected chi connectivity index (χ4v) is 3.42. The van der Waals surface area contributed by atoms with E-state index in [-0.39, 0.29) is 11.5 Å². The molecule has 4 rings (SSSR count). The molecular formula is C20H19NO4. The van der Waals surface area contributed by atoms with Gasteiger partial charge in [0.05, 0.1) is 5.39 Å². The summed E-state index contributed by atoms with van der Waals surface area (Å²) in [5.41, 5.74) is 1.73. The zero-order chi connectivity index (χ0) is 17.4. The third-order valence-corrected chi connectivity index (χ3v) is 4.83. The molecule has 1 aliphatic rings. The van der Waals surface area contributed by atoms with Crippen molar-refractivity contribution >= 4 is 11.0 Å². The van der Waals surface area contributed by atoms with E-state index in [4.69, 9.17) is 4.42 Å². The first kappa shape index (κ1) is 15.7. The quantitative estimate of drug-likeness (QED) is 0.668. The first-order valence-electron chi connectivity index (χ1n) is 8.43. The Labute approximate surface area is 144 Å². The zero-order valence-corrected chi connectivity index (χ0v) is 13.7. The van der Waals surface area contributed by atoms with Gasteiger partial charge in [0.1, 0.15) is 11.3 Å². The van der Waals surface area contributed by atoms with Gasteiger partial charge in [-0.2, -0.15) is 0 Å². The van der Waals surface area contributed by atoms with Crippen LogP contribution in [0.25, 0.3) is 22.3 Å². The summed E-state index contributed by atoms with van der Waals surface area (Å²) in [7, 11) is 0. The van der Waals surface area contributed by atoms with Gasteiger partial charge in [-0.1, -0.05) is 6.07 Å². The molecule has 0 radical (unpaired) electrons. The van der Waals surface area contributed by atoms with Crippen molar-refractivity contribution in [1.82, 2.24) is 5.32 Å². The van der Waals surface area contributed by atoms with Crippen LogP contribution in [0.15, 0.2) is 51.7 Å². The number of hydrogen-bond acceptors (Lipinski definition) is 5. The van der Waals surface area contributed by atoms with E-state index < -0.39 is 11.2 Å². The number of nitrogens with one attached hydrogen (secondary N) is 1. The van der Waals surface area contributed by atoms with E-state index in [1.165, 1.54) is 12.1 Å². The van der Waals surface area contributed by atoms with Gasteiger partial charge >= 0.3 is 0 Å². The molecule has 1 aromatic heterocycles. The largest absolute Gasteiger partial charge is 0.508 e. The Kier molecular flexibility index (Phi) is 3.93. The molecule has 3 N–H and O–H groups in total. The maximum absolute atomic E-state index is 12.5. The van der Waals surface area contributed by atoms with Crippen LogP contribution in [0.3, 0.4) is 0 Å². The van der Waals surface area contributed by atoms with Crippen LogP contribution in [-0.4, -0.2) is 23.3 Å². The minimum absolute atomic E-state index is 0.111. The first-order valence-corrected chi connectivity index (χ1v) is 8.43. The topological polar surface area (TPSA) is 82.7 Å². The minimum Gasteiger partial charge on any atom is -0.508 e. The van der Waals surface area contributed by atoms with Gasteiger partial charge in [-0.3, -0.25) is 4.79 Å². The van der Waals surface area contributed by atoms with Crippen molar-refractivity contribution in [3.05, 3.63) is 58.3 Å². The summed E-state index contributed by atoms with van der Waals surface area (Å²) in [5.74, 6) is 0.272. The second-order valence-electron chi connectivity index (χ2n) is 6.44. The molecule has 128 valence electrons. The number of aromatic hydroxyl groups is 2. The molecule has 25 heavy (non-hydrogen) atoms. The highest BCUT2D eigenvalue weighted by molar-refractivity contribution is 5.82. The summed E-state index contributed by atoms with van der Waals surface area (Å²) in [6.45, 7) is 1.97. The number of piperidine rings is 1. The van der Waals surface area contributed by atoms with Crippen LogP contribution in [0.5, 0.6) is 11.5 Å². The van der Waals surface area contributed by atoms with Crippen LogP contribution in [0.4, 0.5) is 0 Å². The molecule has 0 amide bonds. The van der Waals surface area contributed by atoms with E-state index in [1.54, 1.807) is 18.2 Å². The number of phenolic OH excluding ortho intramolecular Hbond substituents is 1. The van der Waals surface area contributed by atoms with Gasteiger partial charge in [-0.05, 0) is 73.8 Å². The van der Waals surface area contributed by atoms with E-state index in [2.05, 4.69) is 5.32 Å². The summed E-state index contributed by atoms with van der Waals surface area (Å²) in [5, 5.41) is 23.4. The Morgan fingerprint density at radius 2 is 1.72 bits per heavy atom. The molecule has 0 atom stereocenters. The molecule has 0 spiro atoms. The van der Waals surface area contributed by atoms with E-state index in [9.17, 15) is 15.0 Å². The van der Waals surface area contributed by atoms with E-state index in [0.717, 1.165) is 31.5 Å². The molecule has 5 nitrogen and oxygen atoms in total. The lowest BCUT2D eigenvalue weighted by atomic mass is 9.90. The fraction of sp³-hybridized carbons (Fsp3) is 0.250. The second kappa shape index (κ2) is 6.26. The van der Waals surface area contributed by atoms with Gasteiger partial charge in [-0.15, -0.1) is 0 Å². The summed E-state index contributed by atoms with van der Waals surface area (Å²) >= 11 is 0. The normalized spacial score (nSPS) is 15.5. The minimum atomic E-state index is -0.443. The number of rotatable bonds is 2. The van der Waals surface area contributed by atoms with Crippen molar-refractivity contribution < 1.29 is 14.6 Å². The molecule has 5 heteroatoms. The molecule has 3 aromatic rings. The summed E-state index contributed by atoms with van der Waals surface area (Å²) in [6.07, 6.45) is 2.11. The van der Waals surface area contributed by atoms with Gasteiger partial charge in [0.15, 0.2) is 5.76 Å². The van der Waals surface area contributed by atoms with E-state index >= 15 is 0 Å². The lowest BCUT2D eigenvalue weighted by Crippen LogP contribution is -2.26. The third-order valence-electron chi connectivity index (χ3n) is 4.83. The zero-order valence-electron chi connectivity index (χ0n) is 13.7. The lowest BCUT2D eigenvalue weighted by Gasteiger charge is -2.23. The highest BCUT2D eigenvalue weighted by Crippen LogP contribution is 2.33. The summed E-state index contributed by atoms with van der Waals surface area (Å²) < 4.78 is 5.88. The first-order chi connectivity index (χ1) is 12.1. The second-order valence-corrected chi connectivity index (χ2v) is 6.44. The predicted molar refractivity (Wildman–Crippen MR) is 96.1 cm³/mol. The van der Waals surface area contributed by atoms with Crippen LogP contribution in [0.2, 0.25) is 0 Å². The van der Waals surface area contributed by atoms with Crippen LogP contribution in [0, 0.1) is 0 Å². The van der Waals surface area contributed by atoms with Crippen molar-refractivity contribution in [3.8, 4) is 22.8 Å². The highest BCUT2D eigenvalue weighted by Gasteiger charge is 2.19. The van der Waals surface area contributed by atoms with Crippen LogP contribution < -0.4 is 10.7 Å². The smallest absolute Gasteiger partial charge is 0.235 e. The average Bonchev–Trinajstić information content (AvgIpc) is 2.66. The van der Waals surface area contributed by atoms with Gasteiger partial charge in [0.2, 0.25) is 11.2 Å². The van der Waals surface area contributed by atoms with Gasteiger partial charge < -0.3 is 19.9 Å². The number of benzene rings is 2. The predicted octanol–water partition coefficient (Wildman–Crippen LogP) is 3.34. The molecule has 2 heterocycles. The number of hydrogen-bond donors (Lipinski definition) is 3. The number of fused-ring (bicyclic) bond motifs is 1. The molecule has 0 bridgehead atoms. The Balaban J connectivity index is 1.85. The van der Waals surface area contributed by atoms with Crippen molar-refractivity contribution in [3.63, 3.8) is 0 Å². The molecular weight excluding hydrogens is 318 g/mol. The van der Waals surface area contributed by atoms with Crippen LogP contribution >= 0.6 is 0 Å². The van der Waals surface area contributed by atoms with Crippen molar-refractivity contribution in [2.24, 2.45) is 0 Å². The molecule has 0 saturated carbocycles. The fourth-order valence-electron chi connectivity index (χ4n) is 3.42. The third kappa shape index (κ3) is 2.87. The molecule has 2 aromatic carbocycles. The van der Waals surface area contributed by atoms with Crippen molar-refractivity contribution in [1.29, 1.82) is 0 Å². The summed E-state index contributed by atoms with van der Waals surface area (Å²) in [6, 6.07) is 11.8. The van der Waals surface area contributed by atoms with Crippen molar-refractivity contribution in [2.75, 3.05) is 13.1 Å². The lowest BCUT2D eigenvalue weighted by molar-refractivity contribution is 0.447. The Hall–Kier alpha value is -2.79. The van der Waals surface area contributed by atoms with Crippen LogP contribution in [-0.2, 0) is 0 Å². The molecule has 0 unspecified atom stereocenters. The van der Waals surface area contributed by atoms with Gasteiger partial charge in [0, 0.05) is 5.56 Å². The Morgan fingerprint density at radius 3 is 2.44 bits per heavy atom. The van der Waals surface area contributed by atoms with Crippen LogP contribution in [0.1, 0.15) is 24.3 Å². The van der Waals surface area contributed by atoms with Gasteiger partial charge in [-0.25, -0.2) is 0 Å². The maximum Gasteiger partial charge on any atom is 0.235 e.